The third-order valence-electron chi connectivity index (χ3n) is 4.65. The van der Waals surface area contributed by atoms with E-state index >= 15 is 0 Å². The highest BCUT2D eigenvalue weighted by Gasteiger charge is 2.28. The van der Waals surface area contributed by atoms with Gasteiger partial charge in [-0.3, -0.25) is 9.58 Å². The van der Waals surface area contributed by atoms with Gasteiger partial charge in [0.05, 0.1) is 6.20 Å². The van der Waals surface area contributed by atoms with Crippen LogP contribution in [0, 0.1) is 13.8 Å². The number of hydrogen-bond acceptors (Lipinski definition) is 5. The van der Waals surface area contributed by atoms with Gasteiger partial charge in [-0.15, -0.1) is 11.3 Å². The molecular weight excluding hydrogens is 332 g/mol. The molecule has 3 aromatic rings. The average molecular weight is 356 g/mol. The van der Waals surface area contributed by atoms with Crippen molar-refractivity contribution in [1.29, 1.82) is 0 Å². The molecule has 6 heteroatoms. The third-order valence-corrected chi connectivity index (χ3v) is 5.64. The molecule has 4 heterocycles. The second kappa shape index (κ2) is 6.42. The van der Waals surface area contributed by atoms with Gasteiger partial charge in [0.15, 0.2) is 5.69 Å². The van der Waals surface area contributed by atoms with E-state index in [9.17, 15) is 0 Å². The van der Waals surface area contributed by atoms with Crippen LogP contribution in [0.25, 0.3) is 11.6 Å². The lowest BCUT2D eigenvalue weighted by Crippen LogP contribution is -2.30. The first-order valence-corrected chi connectivity index (χ1v) is 9.63. The molecule has 3 aromatic heterocycles. The summed E-state index contributed by atoms with van der Waals surface area (Å²) in [4.78, 5) is 9.71. The average Bonchev–Trinajstić information content (AvgIpc) is 3.26. The zero-order chi connectivity index (χ0) is 17.6. The van der Waals surface area contributed by atoms with Crippen LogP contribution in [0.3, 0.4) is 0 Å². The fourth-order valence-corrected chi connectivity index (χ4v) is 4.42. The molecule has 0 saturated carbocycles. The molecule has 0 aromatic carbocycles. The van der Waals surface area contributed by atoms with E-state index in [1.807, 2.05) is 18.3 Å². The summed E-state index contributed by atoms with van der Waals surface area (Å²) in [5.74, 6) is 1.46. The SMILES string of the molecule is Cc1cnc(-c2nn(C(C)C)c3c2CN(Cc2ccc(C)s2)CC3)o1. The first kappa shape index (κ1) is 16.5. The van der Waals surface area contributed by atoms with E-state index < -0.39 is 0 Å². The maximum absolute atomic E-state index is 5.78. The van der Waals surface area contributed by atoms with Crippen LogP contribution >= 0.6 is 11.3 Å². The van der Waals surface area contributed by atoms with Gasteiger partial charge < -0.3 is 4.42 Å². The summed E-state index contributed by atoms with van der Waals surface area (Å²) in [5.41, 5.74) is 3.51. The largest absolute Gasteiger partial charge is 0.440 e. The Morgan fingerprint density at radius 3 is 2.76 bits per heavy atom. The summed E-state index contributed by atoms with van der Waals surface area (Å²) in [5, 5.41) is 4.86. The Morgan fingerprint density at radius 2 is 2.12 bits per heavy atom. The molecule has 0 aliphatic carbocycles. The van der Waals surface area contributed by atoms with Gasteiger partial charge in [0.25, 0.3) is 0 Å². The number of hydrogen-bond donors (Lipinski definition) is 0. The molecule has 0 spiro atoms. The van der Waals surface area contributed by atoms with E-state index in [1.165, 1.54) is 21.0 Å². The summed E-state index contributed by atoms with van der Waals surface area (Å²) in [6.45, 7) is 11.4. The molecule has 132 valence electrons. The standard InChI is InChI=1S/C19H24N4OS/c1-12(2)23-17-7-8-22(10-15-6-5-14(4)25-15)11-16(17)18(21-23)19-20-9-13(3)24-19/h5-6,9,12H,7-8,10-11H2,1-4H3. The lowest BCUT2D eigenvalue weighted by Gasteiger charge is -2.27. The molecule has 5 nitrogen and oxygen atoms in total. The number of fused-ring (bicyclic) bond motifs is 1. The molecule has 0 fully saturated rings. The Bertz CT molecular complexity index is 889. The highest BCUT2D eigenvalue weighted by atomic mass is 32.1. The minimum Gasteiger partial charge on any atom is -0.440 e. The van der Waals surface area contributed by atoms with Crippen LogP contribution in [-0.4, -0.2) is 26.2 Å². The zero-order valence-electron chi connectivity index (χ0n) is 15.2. The van der Waals surface area contributed by atoms with Gasteiger partial charge >= 0.3 is 0 Å². The molecule has 0 bridgehead atoms. The quantitative estimate of drug-likeness (QED) is 0.697. The number of rotatable bonds is 4. The molecule has 25 heavy (non-hydrogen) atoms. The summed E-state index contributed by atoms with van der Waals surface area (Å²) >= 11 is 1.88. The van der Waals surface area contributed by atoms with Crippen molar-refractivity contribution in [2.75, 3.05) is 6.54 Å². The fraction of sp³-hybridized carbons (Fsp3) is 0.474. The van der Waals surface area contributed by atoms with Crippen molar-refractivity contribution in [3.8, 4) is 11.6 Å². The highest BCUT2D eigenvalue weighted by Crippen LogP contribution is 2.32. The highest BCUT2D eigenvalue weighted by molar-refractivity contribution is 7.11. The van der Waals surface area contributed by atoms with Crippen molar-refractivity contribution < 1.29 is 4.42 Å². The lowest BCUT2D eigenvalue weighted by atomic mass is 10.0. The molecule has 1 aliphatic heterocycles. The summed E-state index contributed by atoms with van der Waals surface area (Å²) in [7, 11) is 0. The van der Waals surface area contributed by atoms with Crippen molar-refractivity contribution in [1.82, 2.24) is 19.7 Å². The molecule has 0 N–H and O–H groups in total. The fourth-order valence-electron chi connectivity index (χ4n) is 3.49. The predicted octanol–water partition coefficient (Wildman–Crippen LogP) is 4.36. The van der Waals surface area contributed by atoms with E-state index in [2.05, 4.69) is 47.5 Å². The van der Waals surface area contributed by atoms with Gasteiger partial charge in [0.2, 0.25) is 5.89 Å². The van der Waals surface area contributed by atoms with Gasteiger partial charge in [0.1, 0.15) is 5.76 Å². The van der Waals surface area contributed by atoms with E-state index in [0.717, 1.165) is 37.5 Å². The topological polar surface area (TPSA) is 47.1 Å². The van der Waals surface area contributed by atoms with Crippen LogP contribution in [0.2, 0.25) is 0 Å². The second-order valence-corrected chi connectivity index (χ2v) is 8.43. The third kappa shape index (κ3) is 3.16. The molecule has 4 rings (SSSR count). The van der Waals surface area contributed by atoms with Crippen molar-refractivity contribution in [2.24, 2.45) is 0 Å². The smallest absolute Gasteiger partial charge is 0.247 e. The molecular formula is C19H24N4OS. The minimum atomic E-state index is 0.338. The summed E-state index contributed by atoms with van der Waals surface area (Å²) in [6.07, 6.45) is 2.79. The molecule has 0 atom stereocenters. The van der Waals surface area contributed by atoms with Gasteiger partial charge in [-0.1, -0.05) is 0 Å². The van der Waals surface area contributed by atoms with E-state index in [-0.39, 0.29) is 0 Å². The summed E-state index contributed by atoms with van der Waals surface area (Å²) < 4.78 is 7.93. The Kier molecular flexibility index (Phi) is 4.25. The Balaban J connectivity index is 1.67. The number of oxazole rings is 1. The predicted molar refractivity (Wildman–Crippen MR) is 99.7 cm³/mol. The minimum absolute atomic E-state index is 0.338. The van der Waals surface area contributed by atoms with Gasteiger partial charge in [-0.05, 0) is 39.8 Å². The second-order valence-electron chi connectivity index (χ2n) is 7.06. The van der Waals surface area contributed by atoms with Gasteiger partial charge in [0, 0.05) is 53.1 Å². The van der Waals surface area contributed by atoms with Crippen molar-refractivity contribution in [3.05, 3.63) is 45.1 Å². The molecule has 0 saturated heterocycles. The summed E-state index contributed by atoms with van der Waals surface area (Å²) in [6, 6.07) is 4.78. The van der Waals surface area contributed by atoms with Crippen LogP contribution in [0.4, 0.5) is 0 Å². The van der Waals surface area contributed by atoms with Crippen molar-refractivity contribution >= 4 is 11.3 Å². The van der Waals surface area contributed by atoms with Crippen LogP contribution < -0.4 is 0 Å². The van der Waals surface area contributed by atoms with E-state index in [0.29, 0.717) is 11.9 Å². The van der Waals surface area contributed by atoms with Crippen LogP contribution in [-0.2, 0) is 19.5 Å². The number of nitrogens with zero attached hydrogens (tertiary/aromatic N) is 4. The van der Waals surface area contributed by atoms with Crippen molar-refractivity contribution in [2.45, 2.75) is 53.2 Å². The van der Waals surface area contributed by atoms with Crippen LogP contribution in [0.15, 0.2) is 22.7 Å². The lowest BCUT2D eigenvalue weighted by molar-refractivity contribution is 0.243. The molecule has 0 unspecified atom stereocenters. The monoisotopic (exact) mass is 356 g/mol. The zero-order valence-corrected chi connectivity index (χ0v) is 16.1. The Morgan fingerprint density at radius 1 is 1.28 bits per heavy atom. The first-order chi connectivity index (χ1) is 12.0. The van der Waals surface area contributed by atoms with Crippen molar-refractivity contribution in [3.63, 3.8) is 0 Å². The maximum atomic E-state index is 5.78. The normalized spacial score (nSPS) is 15.1. The Hall–Kier alpha value is -1.92. The van der Waals surface area contributed by atoms with Crippen LogP contribution in [0.1, 0.15) is 46.7 Å². The van der Waals surface area contributed by atoms with E-state index in [1.54, 1.807) is 6.20 Å². The molecule has 1 aliphatic rings. The van der Waals surface area contributed by atoms with Gasteiger partial charge in [-0.25, -0.2) is 4.98 Å². The van der Waals surface area contributed by atoms with E-state index in [4.69, 9.17) is 9.52 Å². The number of thiophene rings is 1. The van der Waals surface area contributed by atoms with Gasteiger partial charge in [-0.2, -0.15) is 5.10 Å². The first-order valence-electron chi connectivity index (χ1n) is 8.82. The number of aromatic nitrogens is 3. The number of aryl methyl sites for hydroxylation is 2. The molecule has 0 amide bonds. The Labute approximate surface area is 152 Å². The molecule has 0 radical (unpaired) electrons. The van der Waals surface area contributed by atoms with Crippen LogP contribution in [0.5, 0.6) is 0 Å². The maximum Gasteiger partial charge on any atom is 0.247 e.